The minimum Gasteiger partial charge on any atom is -0.479 e. The van der Waals surface area contributed by atoms with Crippen LogP contribution in [0.1, 0.15) is 23.7 Å². The molecule has 0 saturated heterocycles. The molecule has 134 valence electrons. The molecule has 2 heterocycles. The summed E-state index contributed by atoms with van der Waals surface area (Å²) in [5.41, 5.74) is 2.70. The number of aromatic nitrogens is 2. The van der Waals surface area contributed by atoms with Gasteiger partial charge in [-0.15, -0.1) is 0 Å². The third-order valence-electron chi connectivity index (χ3n) is 3.86. The number of ether oxygens (including phenoxy) is 2. The van der Waals surface area contributed by atoms with Crippen molar-refractivity contribution in [1.29, 1.82) is 0 Å². The first-order chi connectivity index (χ1) is 12.4. The Morgan fingerprint density at radius 3 is 2.73 bits per heavy atom. The summed E-state index contributed by atoms with van der Waals surface area (Å²) in [4.78, 5) is 28.7. The van der Waals surface area contributed by atoms with Crippen LogP contribution >= 0.6 is 0 Å². The van der Waals surface area contributed by atoms with Crippen LogP contribution in [0.5, 0.6) is 5.75 Å². The molecule has 0 amide bonds. The Balaban J connectivity index is 1.66. The van der Waals surface area contributed by atoms with Crippen molar-refractivity contribution in [3.63, 3.8) is 0 Å². The first-order valence-corrected chi connectivity index (χ1v) is 8.31. The van der Waals surface area contributed by atoms with Gasteiger partial charge in [-0.3, -0.25) is 9.20 Å². The fourth-order valence-corrected chi connectivity index (χ4v) is 2.54. The van der Waals surface area contributed by atoms with Gasteiger partial charge in [0.05, 0.1) is 5.69 Å². The maximum Gasteiger partial charge on any atom is 0.347 e. The molecule has 6 nitrogen and oxygen atoms in total. The Labute approximate surface area is 151 Å². The second kappa shape index (κ2) is 7.39. The van der Waals surface area contributed by atoms with Crippen LogP contribution in [0, 0.1) is 13.8 Å². The maximum atomic E-state index is 12.2. The third-order valence-corrected chi connectivity index (χ3v) is 3.86. The van der Waals surface area contributed by atoms with E-state index in [4.69, 9.17) is 9.47 Å². The molecule has 26 heavy (non-hydrogen) atoms. The summed E-state index contributed by atoms with van der Waals surface area (Å²) in [6.45, 7) is 5.38. The molecule has 0 aliphatic carbocycles. The van der Waals surface area contributed by atoms with Crippen LogP contribution in [0.15, 0.2) is 53.5 Å². The molecule has 0 aliphatic heterocycles. The number of rotatable bonds is 5. The number of benzene rings is 1. The zero-order chi connectivity index (χ0) is 18.7. The molecule has 2 aromatic heterocycles. The van der Waals surface area contributed by atoms with Crippen LogP contribution in [-0.4, -0.2) is 21.5 Å². The fraction of sp³-hybridized carbons (Fsp3) is 0.250. The summed E-state index contributed by atoms with van der Waals surface area (Å²) >= 11 is 0. The highest BCUT2D eigenvalue weighted by molar-refractivity contribution is 5.74. The van der Waals surface area contributed by atoms with E-state index < -0.39 is 12.1 Å². The SMILES string of the molecule is Cc1cccc(O[C@H](C)C(=O)OCc2cc(=O)n3cc(C)ccc3n2)c1. The molecule has 0 spiro atoms. The van der Waals surface area contributed by atoms with Gasteiger partial charge in [0.15, 0.2) is 6.10 Å². The van der Waals surface area contributed by atoms with E-state index in [9.17, 15) is 9.59 Å². The van der Waals surface area contributed by atoms with Gasteiger partial charge in [0.25, 0.3) is 5.56 Å². The van der Waals surface area contributed by atoms with Gasteiger partial charge in [-0.05, 0) is 50.1 Å². The van der Waals surface area contributed by atoms with Crippen LogP contribution < -0.4 is 10.3 Å². The van der Waals surface area contributed by atoms with E-state index in [1.165, 1.54) is 10.5 Å². The molecule has 0 aliphatic rings. The number of fused-ring (bicyclic) bond motifs is 1. The molecule has 1 atom stereocenters. The van der Waals surface area contributed by atoms with Gasteiger partial charge in [-0.1, -0.05) is 18.2 Å². The van der Waals surface area contributed by atoms with E-state index >= 15 is 0 Å². The number of hydrogen-bond acceptors (Lipinski definition) is 5. The monoisotopic (exact) mass is 352 g/mol. The minimum absolute atomic E-state index is 0.0834. The molecule has 1 aromatic carbocycles. The van der Waals surface area contributed by atoms with Crippen molar-refractivity contribution in [1.82, 2.24) is 9.38 Å². The molecule has 6 heteroatoms. The standard InChI is InChI=1S/C20H20N2O4/c1-13-5-4-6-17(9-13)26-15(3)20(24)25-12-16-10-19(23)22-11-14(2)7-8-18(22)21-16/h4-11,15H,12H2,1-3H3/t15-/m1/s1. The van der Waals surface area contributed by atoms with E-state index in [0.717, 1.165) is 11.1 Å². The van der Waals surface area contributed by atoms with Crippen molar-refractivity contribution in [2.45, 2.75) is 33.5 Å². The van der Waals surface area contributed by atoms with Crippen molar-refractivity contribution in [3.8, 4) is 5.75 Å². The van der Waals surface area contributed by atoms with Crippen molar-refractivity contribution in [2.24, 2.45) is 0 Å². The largest absolute Gasteiger partial charge is 0.479 e. The Morgan fingerprint density at radius 2 is 1.96 bits per heavy atom. The van der Waals surface area contributed by atoms with Gasteiger partial charge in [0.1, 0.15) is 18.0 Å². The quantitative estimate of drug-likeness (QED) is 0.661. The molecule has 0 N–H and O–H groups in total. The van der Waals surface area contributed by atoms with E-state index in [0.29, 0.717) is 17.1 Å². The number of aryl methyl sites for hydroxylation is 2. The summed E-state index contributed by atoms with van der Waals surface area (Å²) in [6.07, 6.45) is 0.957. The third kappa shape index (κ3) is 4.08. The average molecular weight is 352 g/mol. The normalized spacial score (nSPS) is 12.0. The average Bonchev–Trinajstić information content (AvgIpc) is 2.60. The van der Waals surface area contributed by atoms with Gasteiger partial charge in [0.2, 0.25) is 0 Å². The summed E-state index contributed by atoms with van der Waals surface area (Å²) < 4.78 is 12.3. The molecule has 0 saturated carbocycles. The summed E-state index contributed by atoms with van der Waals surface area (Å²) in [6, 6.07) is 12.4. The van der Waals surface area contributed by atoms with E-state index in [1.54, 1.807) is 25.3 Å². The lowest BCUT2D eigenvalue weighted by molar-refractivity contribution is -0.152. The molecule has 0 bridgehead atoms. The second-order valence-corrected chi connectivity index (χ2v) is 6.20. The predicted molar refractivity (Wildman–Crippen MR) is 97.3 cm³/mol. The molecular formula is C20H20N2O4. The van der Waals surface area contributed by atoms with Crippen LogP contribution in [0.4, 0.5) is 0 Å². The number of carbonyl (C=O) groups is 1. The lowest BCUT2D eigenvalue weighted by Crippen LogP contribution is -2.26. The van der Waals surface area contributed by atoms with Crippen LogP contribution in [0.25, 0.3) is 5.65 Å². The number of carbonyl (C=O) groups excluding carboxylic acids is 1. The van der Waals surface area contributed by atoms with E-state index in [2.05, 4.69) is 4.98 Å². The van der Waals surface area contributed by atoms with Crippen LogP contribution in [-0.2, 0) is 16.1 Å². The highest BCUT2D eigenvalue weighted by Gasteiger charge is 2.17. The highest BCUT2D eigenvalue weighted by atomic mass is 16.6. The Bertz CT molecular complexity index is 1010. The summed E-state index contributed by atoms with van der Waals surface area (Å²) in [7, 11) is 0. The summed E-state index contributed by atoms with van der Waals surface area (Å²) in [5, 5.41) is 0. The summed E-state index contributed by atoms with van der Waals surface area (Å²) in [5.74, 6) is 0.0873. The minimum atomic E-state index is -0.763. The van der Waals surface area contributed by atoms with E-state index in [1.807, 2.05) is 38.1 Å². The van der Waals surface area contributed by atoms with E-state index in [-0.39, 0.29) is 12.2 Å². The van der Waals surface area contributed by atoms with Crippen molar-refractivity contribution >= 4 is 11.6 Å². The van der Waals surface area contributed by atoms with Crippen LogP contribution in [0.3, 0.4) is 0 Å². The Kier molecular flexibility index (Phi) is 5.02. The maximum absolute atomic E-state index is 12.2. The smallest absolute Gasteiger partial charge is 0.347 e. The lowest BCUT2D eigenvalue weighted by atomic mass is 10.2. The van der Waals surface area contributed by atoms with Gasteiger partial charge in [-0.2, -0.15) is 0 Å². The van der Waals surface area contributed by atoms with Crippen molar-refractivity contribution < 1.29 is 14.3 Å². The number of nitrogens with zero attached hydrogens (tertiary/aromatic N) is 2. The molecule has 0 radical (unpaired) electrons. The predicted octanol–water partition coefficient (Wildman–Crippen LogP) is 2.82. The molecule has 0 fully saturated rings. The molecular weight excluding hydrogens is 332 g/mol. The first kappa shape index (κ1) is 17.7. The zero-order valence-electron chi connectivity index (χ0n) is 14.9. The Morgan fingerprint density at radius 1 is 1.15 bits per heavy atom. The zero-order valence-corrected chi connectivity index (χ0v) is 14.9. The molecule has 0 unspecified atom stereocenters. The number of esters is 1. The Hall–Kier alpha value is -3.15. The molecule has 3 aromatic rings. The second-order valence-electron chi connectivity index (χ2n) is 6.20. The van der Waals surface area contributed by atoms with Crippen molar-refractivity contribution in [3.05, 3.63) is 75.8 Å². The number of pyridine rings is 1. The first-order valence-electron chi connectivity index (χ1n) is 8.31. The van der Waals surface area contributed by atoms with Gasteiger partial charge in [0, 0.05) is 12.3 Å². The van der Waals surface area contributed by atoms with Crippen LogP contribution in [0.2, 0.25) is 0 Å². The number of hydrogen-bond donors (Lipinski definition) is 0. The van der Waals surface area contributed by atoms with Gasteiger partial charge in [-0.25, -0.2) is 9.78 Å². The highest BCUT2D eigenvalue weighted by Crippen LogP contribution is 2.15. The lowest BCUT2D eigenvalue weighted by Gasteiger charge is -2.14. The van der Waals surface area contributed by atoms with Gasteiger partial charge >= 0.3 is 5.97 Å². The molecule has 3 rings (SSSR count). The van der Waals surface area contributed by atoms with Gasteiger partial charge < -0.3 is 9.47 Å². The fourth-order valence-electron chi connectivity index (χ4n) is 2.54. The topological polar surface area (TPSA) is 69.9 Å². The van der Waals surface area contributed by atoms with Crippen molar-refractivity contribution in [2.75, 3.05) is 0 Å².